The summed E-state index contributed by atoms with van der Waals surface area (Å²) in [6, 6.07) is 0. The number of nitrogens with one attached hydrogen (secondary N) is 1. The molecule has 0 radical (unpaired) electrons. The fourth-order valence-electron chi connectivity index (χ4n) is 1.11. The molecular weight excluding hydrogens is 238 g/mol. The summed E-state index contributed by atoms with van der Waals surface area (Å²) in [5.74, 6) is 0. The summed E-state index contributed by atoms with van der Waals surface area (Å²) in [5.41, 5.74) is 5.33. The van der Waals surface area contributed by atoms with Gasteiger partial charge in [-0.1, -0.05) is 12.8 Å². The van der Waals surface area contributed by atoms with Crippen molar-refractivity contribution in [3.8, 4) is 0 Å². The van der Waals surface area contributed by atoms with Crippen molar-refractivity contribution in [2.45, 2.75) is 32.0 Å². The van der Waals surface area contributed by atoms with Crippen LogP contribution in [0.2, 0.25) is 6.32 Å². The van der Waals surface area contributed by atoms with Crippen LogP contribution in [0.1, 0.15) is 25.7 Å². The Bertz CT molecular complexity index is 113. The van der Waals surface area contributed by atoms with Gasteiger partial charge in [0.05, 0.1) is 0 Å². The van der Waals surface area contributed by atoms with Crippen LogP contribution in [0.4, 0.5) is 0 Å². The van der Waals surface area contributed by atoms with E-state index in [0.29, 0.717) is 6.32 Å². The van der Waals surface area contributed by atoms with Crippen molar-refractivity contribution in [1.29, 1.82) is 0 Å². The topological polar surface area (TPSA) is 78.5 Å². The Labute approximate surface area is 105 Å². The molecule has 0 unspecified atom stereocenters. The van der Waals surface area contributed by atoms with Gasteiger partial charge in [0.15, 0.2) is 0 Å². The third kappa shape index (κ3) is 20.5. The molecule has 0 heterocycles. The molecule has 0 fully saturated rings. The summed E-state index contributed by atoms with van der Waals surface area (Å²) in [7, 11) is -1.13. The van der Waals surface area contributed by atoms with Gasteiger partial charge in [0.25, 0.3) is 0 Å². The number of nitrogens with two attached hydrogens (primary N) is 1. The SMILES string of the molecule is Cl.Cl.NCCCNCCCCCB(O)O. The highest BCUT2D eigenvalue weighted by Gasteiger charge is 2.04. The zero-order valence-corrected chi connectivity index (χ0v) is 10.7. The first kappa shape index (κ1) is 20.8. The second-order valence-electron chi connectivity index (χ2n) is 3.22. The summed E-state index contributed by atoms with van der Waals surface area (Å²) < 4.78 is 0. The summed E-state index contributed by atoms with van der Waals surface area (Å²) in [4.78, 5) is 0. The Hall–Kier alpha value is 0.485. The normalized spacial score (nSPS) is 9.00. The second kappa shape index (κ2) is 16.9. The minimum Gasteiger partial charge on any atom is -0.427 e. The minimum atomic E-state index is -1.13. The van der Waals surface area contributed by atoms with E-state index in [0.717, 1.165) is 45.3 Å². The Morgan fingerprint density at radius 2 is 1.53 bits per heavy atom. The summed E-state index contributed by atoms with van der Waals surface area (Å²) in [5, 5.41) is 20.4. The largest absolute Gasteiger partial charge is 0.451 e. The smallest absolute Gasteiger partial charge is 0.427 e. The standard InChI is InChI=1S/C8H21BN2O2.2ClH/c10-6-4-8-11-7-3-1-2-5-9(12)13;;/h11-13H,1-8,10H2;2*1H. The van der Waals surface area contributed by atoms with Crippen molar-refractivity contribution in [2.75, 3.05) is 19.6 Å². The fraction of sp³-hybridized carbons (Fsp3) is 1.00. The van der Waals surface area contributed by atoms with Crippen molar-refractivity contribution in [2.24, 2.45) is 5.73 Å². The zero-order valence-electron chi connectivity index (χ0n) is 9.02. The van der Waals surface area contributed by atoms with Crippen LogP contribution >= 0.6 is 24.8 Å². The van der Waals surface area contributed by atoms with E-state index in [9.17, 15) is 0 Å². The summed E-state index contributed by atoms with van der Waals surface area (Å²) in [6.45, 7) is 2.73. The van der Waals surface area contributed by atoms with Gasteiger partial charge in [0, 0.05) is 0 Å². The molecule has 0 rings (SSSR count). The maximum absolute atomic E-state index is 8.55. The van der Waals surface area contributed by atoms with E-state index in [1.54, 1.807) is 0 Å². The van der Waals surface area contributed by atoms with Crippen LogP contribution in [0.3, 0.4) is 0 Å². The molecule has 15 heavy (non-hydrogen) atoms. The molecule has 0 amide bonds. The fourth-order valence-corrected chi connectivity index (χ4v) is 1.11. The predicted octanol–water partition coefficient (Wildman–Crippen LogP) is 0.411. The maximum Gasteiger partial charge on any atom is 0.451 e. The van der Waals surface area contributed by atoms with Crippen LogP contribution in [0.25, 0.3) is 0 Å². The Morgan fingerprint density at radius 1 is 0.933 bits per heavy atom. The number of unbranched alkanes of at least 4 members (excludes halogenated alkanes) is 2. The van der Waals surface area contributed by atoms with Crippen molar-refractivity contribution in [1.82, 2.24) is 5.32 Å². The zero-order chi connectivity index (χ0) is 9.94. The van der Waals surface area contributed by atoms with Crippen LogP contribution < -0.4 is 11.1 Å². The van der Waals surface area contributed by atoms with Crippen LogP contribution in [-0.2, 0) is 0 Å². The van der Waals surface area contributed by atoms with E-state index < -0.39 is 7.12 Å². The quantitative estimate of drug-likeness (QED) is 0.358. The van der Waals surface area contributed by atoms with Gasteiger partial charge in [-0.3, -0.25) is 0 Å². The molecule has 0 aliphatic carbocycles. The maximum atomic E-state index is 8.55. The molecule has 0 spiro atoms. The molecule has 4 nitrogen and oxygen atoms in total. The highest BCUT2D eigenvalue weighted by atomic mass is 35.5. The van der Waals surface area contributed by atoms with Gasteiger partial charge in [0.1, 0.15) is 0 Å². The molecule has 0 aliphatic rings. The Kier molecular flexibility index (Phi) is 23.5. The van der Waals surface area contributed by atoms with Crippen LogP contribution in [0, 0.1) is 0 Å². The molecule has 94 valence electrons. The third-order valence-corrected chi connectivity index (χ3v) is 1.87. The molecule has 5 N–H and O–H groups in total. The minimum absolute atomic E-state index is 0. The lowest BCUT2D eigenvalue weighted by atomic mass is 9.83. The van der Waals surface area contributed by atoms with E-state index >= 15 is 0 Å². The molecule has 0 saturated carbocycles. The average Bonchev–Trinajstić information content (AvgIpc) is 2.09. The highest BCUT2D eigenvalue weighted by molar-refractivity contribution is 6.40. The summed E-state index contributed by atoms with van der Waals surface area (Å²) >= 11 is 0. The number of rotatable bonds is 9. The van der Waals surface area contributed by atoms with E-state index in [-0.39, 0.29) is 24.8 Å². The molecule has 0 aromatic heterocycles. The molecule has 0 aromatic carbocycles. The van der Waals surface area contributed by atoms with E-state index in [1.807, 2.05) is 0 Å². The first-order valence-corrected chi connectivity index (χ1v) is 5.04. The first-order chi connectivity index (χ1) is 6.27. The monoisotopic (exact) mass is 260 g/mol. The van der Waals surface area contributed by atoms with Crippen LogP contribution in [0.15, 0.2) is 0 Å². The number of halogens is 2. The van der Waals surface area contributed by atoms with Gasteiger partial charge in [-0.15, -0.1) is 24.8 Å². The van der Waals surface area contributed by atoms with Gasteiger partial charge in [-0.2, -0.15) is 0 Å². The van der Waals surface area contributed by atoms with Gasteiger partial charge >= 0.3 is 7.12 Å². The van der Waals surface area contributed by atoms with Crippen molar-refractivity contribution < 1.29 is 10.0 Å². The van der Waals surface area contributed by atoms with Gasteiger partial charge in [-0.25, -0.2) is 0 Å². The summed E-state index contributed by atoms with van der Waals surface area (Å²) in [6.07, 6.45) is 4.54. The van der Waals surface area contributed by atoms with Crippen LogP contribution in [-0.4, -0.2) is 36.8 Å². The third-order valence-electron chi connectivity index (χ3n) is 1.87. The Morgan fingerprint density at radius 3 is 2.07 bits per heavy atom. The van der Waals surface area contributed by atoms with Gasteiger partial charge < -0.3 is 21.1 Å². The highest BCUT2D eigenvalue weighted by Crippen LogP contribution is 2.00. The van der Waals surface area contributed by atoms with Gasteiger partial charge in [0.2, 0.25) is 0 Å². The molecule has 0 aliphatic heterocycles. The van der Waals surface area contributed by atoms with E-state index in [1.165, 1.54) is 0 Å². The van der Waals surface area contributed by atoms with Crippen molar-refractivity contribution >= 4 is 31.9 Å². The Balaban J connectivity index is -0.000000720. The number of hydrogen-bond acceptors (Lipinski definition) is 4. The van der Waals surface area contributed by atoms with E-state index in [4.69, 9.17) is 15.8 Å². The molecule has 0 bridgehead atoms. The molecule has 0 aromatic rings. The van der Waals surface area contributed by atoms with Crippen LogP contribution in [0.5, 0.6) is 0 Å². The van der Waals surface area contributed by atoms with Crippen molar-refractivity contribution in [3.05, 3.63) is 0 Å². The molecule has 0 atom stereocenters. The van der Waals surface area contributed by atoms with Gasteiger partial charge in [-0.05, 0) is 38.8 Å². The lowest BCUT2D eigenvalue weighted by Crippen LogP contribution is -2.19. The van der Waals surface area contributed by atoms with E-state index in [2.05, 4.69) is 5.32 Å². The second-order valence-corrected chi connectivity index (χ2v) is 3.22. The first-order valence-electron chi connectivity index (χ1n) is 5.04. The molecule has 0 saturated heterocycles. The average molecular weight is 261 g/mol. The number of hydrogen-bond donors (Lipinski definition) is 4. The lowest BCUT2D eigenvalue weighted by molar-refractivity contribution is 0.401. The van der Waals surface area contributed by atoms with Crippen molar-refractivity contribution in [3.63, 3.8) is 0 Å². The molecular formula is C8H23BCl2N2O2. The lowest BCUT2D eigenvalue weighted by Gasteiger charge is -2.03. The predicted molar refractivity (Wildman–Crippen MR) is 69.9 cm³/mol. The molecule has 7 heteroatoms.